The SMILES string of the molecule is O=C(CN1C(=O)S/C(=C/c2ccccc2)C1=O)NCCc1ccc(O)cc1. The number of hydrogen-bond donors (Lipinski definition) is 2. The van der Waals surface area contributed by atoms with Gasteiger partial charge in [-0.2, -0.15) is 0 Å². The summed E-state index contributed by atoms with van der Waals surface area (Å²) in [5.41, 5.74) is 1.78. The minimum atomic E-state index is -0.456. The van der Waals surface area contributed by atoms with Crippen LogP contribution in [-0.2, 0) is 16.0 Å². The van der Waals surface area contributed by atoms with E-state index in [1.54, 1.807) is 30.3 Å². The maximum atomic E-state index is 12.4. The number of phenols is 1. The van der Waals surface area contributed by atoms with Gasteiger partial charge in [0.15, 0.2) is 0 Å². The fourth-order valence-electron chi connectivity index (χ4n) is 2.55. The molecule has 138 valence electrons. The molecule has 1 aliphatic rings. The molecule has 0 radical (unpaired) electrons. The average molecular weight is 382 g/mol. The fourth-order valence-corrected chi connectivity index (χ4v) is 3.38. The Morgan fingerprint density at radius 3 is 2.48 bits per heavy atom. The molecule has 7 heteroatoms. The Bertz CT molecular complexity index is 879. The van der Waals surface area contributed by atoms with Gasteiger partial charge in [-0.15, -0.1) is 0 Å². The topological polar surface area (TPSA) is 86.7 Å². The Kier molecular flexibility index (Phi) is 5.93. The van der Waals surface area contributed by atoms with Gasteiger partial charge >= 0.3 is 0 Å². The molecular formula is C20H18N2O4S. The minimum absolute atomic E-state index is 0.186. The highest BCUT2D eigenvalue weighted by Gasteiger charge is 2.36. The number of thioether (sulfide) groups is 1. The number of nitrogens with zero attached hydrogens (tertiary/aromatic N) is 1. The highest BCUT2D eigenvalue weighted by Crippen LogP contribution is 2.31. The number of nitrogens with one attached hydrogen (secondary N) is 1. The van der Waals surface area contributed by atoms with Gasteiger partial charge in [0.25, 0.3) is 11.1 Å². The normalized spacial score (nSPS) is 15.4. The summed E-state index contributed by atoms with van der Waals surface area (Å²) in [5.74, 6) is -0.662. The number of aromatic hydroxyl groups is 1. The van der Waals surface area contributed by atoms with Crippen molar-refractivity contribution in [2.24, 2.45) is 0 Å². The first-order valence-corrected chi connectivity index (χ1v) is 9.19. The monoisotopic (exact) mass is 382 g/mol. The standard InChI is InChI=1S/C20H18N2O4S/c23-16-8-6-14(7-9-16)10-11-21-18(24)13-22-19(25)17(27-20(22)26)12-15-4-2-1-3-5-15/h1-9,12,23H,10-11,13H2,(H,21,24)/b17-12+. The molecule has 0 aromatic heterocycles. The van der Waals surface area contributed by atoms with E-state index in [-0.39, 0.29) is 12.3 Å². The average Bonchev–Trinajstić information content (AvgIpc) is 2.92. The molecule has 2 N–H and O–H groups in total. The second-order valence-corrected chi connectivity index (χ2v) is 6.94. The van der Waals surface area contributed by atoms with E-state index in [4.69, 9.17) is 0 Å². The Balaban J connectivity index is 1.53. The second-order valence-electron chi connectivity index (χ2n) is 5.94. The zero-order valence-corrected chi connectivity index (χ0v) is 15.2. The van der Waals surface area contributed by atoms with Crippen molar-refractivity contribution >= 4 is 34.9 Å². The van der Waals surface area contributed by atoms with Gasteiger partial charge in [-0.25, -0.2) is 0 Å². The van der Waals surface area contributed by atoms with E-state index < -0.39 is 17.1 Å². The van der Waals surface area contributed by atoms with Gasteiger partial charge in [-0.05, 0) is 47.5 Å². The largest absolute Gasteiger partial charge is 0.508 e. The number of carbonyl (C=O) groups is 3. The lowest BCUT2D eigenvalue weighted by Crippen LogP contribution is -2.40. The quantitative estimate of drug-likeness (QED) is 0.751. The number of phenolic OH excluding ortho intramolecular Hbond substituents is 1. The zero-order valence-electron chi connectivity index (χ0n) is 14.4. The predicted molar refractivity (Wildman–Crippen MR) is 104 cm³/mol. The molecule has 1 aliphatic heterocycles. The van der Waals surface area contributed by atoms with Crippen molar-refractivity contribution in [2.75, 3.05) is 13.1 Å². The number of carbonyl (C=O) groups excluding carboxylic acids is 3. The molecule has 6 nitrogen and oxygen atoms in total. The van der Waals surface area contributed by atoms with Crippen molar-refractivity contribution in [3.63, 3.8) is 0 Å². The van der Waals surface area contributed by atoms with Gasteiger partial charge in [0, 0.05) is 6.54 Å². The van der Waals surface area contributed by atoms with Crippen molar-refractivity contribution in [2.45, 2.75) is 6.42 Å². The first kappa shape index (κ1) is 18.7. The number of imide groups is 1. The molecule has 0 spiro atoms. The van der Waals surface area contributed by atoms with E-state index in [1.165, 1.54) is 0 Å². The van der Waals surface area contributed by atoms with Crippen molar-refractivity contribution in [3.05, 3.63) is 70.6 Å². The van der Waals surface area contributed by atoms with Crippen LogP contribution in [0.2, 0.25) is 0 Å². The molecule has 1 fully saturated rings. The van der Waals surface area contributed by atoms with Crippen LogP contribution in [0.5, 0.6) is 5.75 Å². The fraction of sp³-hybridized carbons (Fsp3) is 0.150. The van der Waals surface area contributed by atoms with Crippen molar-refractivity contribution in [1.29, 1.82) is 0 Å². The maximum absolute atomic E-state index is 12.4. The van der Waals surface area contributed by atoms with Crippen LogP contribution in [0.4, 0.5) is 4.79 Å². The van der Waals surface area contributed by atoms with Gasteiger partial charge in [-0.1, -0.05) is 42.5 Å². The third kappa shape index (κ3) is 4.98. The molecular weight excluding hydrogens is 364 g/mol. The highest BCUT2D eigenvalue weighted by atomic mass is 32.2. The van der Waals surface area contributed by atoms with Gasteiger partial charge in [0.2, 0.25) is 5.91 Å². The van der Waals surface area contributed by atoms with Crippen molar-refractivity contribution < 1.29 is 19.5 Å². The zero-order chi connectivity index (χ0) is 19.2. The number of amides is 3. The summed E-state index contributed by atoms with van der Waals surface area (Å²) in [7, 11) is 0. The van der Waals surface area contributed by atoms with Gasteiger partial charge < -0.3 is 10.4 Å². The van der Waals surface area contributed by atoms with Crippen LogP contribution in [0.25, 0.3) is 6.08 Å². The molecule has 27 heavy (non-hydrogen) atoms. The molecule has 3 amide bonds. The summed E-state index contributed by atoms with van der Waals surface area (Å²) in [6.45, 7) is 0.0755. The summed E-state index contributed by atoms with van der Waals surface area (Å²) in [6.07, 6.45) is 2.23. The molecule has 1 heterocycles. The molecule has 2 aromatic carbocycles. The molecule has 0 bridgehead atoms. The Morgan fingerprint density at radius 1 is 1.07 bits per heavy atom. The summed E-state index contributed by atoms with van der Waals surface area (Å²) < 4.78 is 0. The molecule has 2 aromatic rings. The lowest BCUT2D eigenvalue weighted by atomic mass is 10.1. The minimum Gasteiger partial charge on any atom is -0.508 e. The van der Waals surface area contributed by atoms with E-state index in [0.717, 1.165) is 27.8 Å². The van der Waals surface area contributed by atoms with E-state index in [9.17, 15) is 19.5 Å². The van der Waals surface area contributed by atoms with Crippen LogP contribution in [0.15, 0.2) is 59.5 Å². The van der Waals surface area contributed by atoms with Crippen LogP contribution in [-0.4, -0.2) is 40.1 Å². The summed E-state index contributed by atoms with van der Waals surface area (Å²) >= 11 is 0.836. The highest BCUT2D eigenvalue weighted by molar-refractivity contribution is 8.18. The smallest absolute Gasteiger partial charge is 0.294 e. The van der Waals surface area contributed by atoms with Crippen molar-refractivity contribution in [3.8, 4) is 5.75 Å². The Hall–Kier alpha value is -3.06. The lowest BCUT2D eigenvalue weighted by Gasteiger charge is -2.12. The van der Waals surface area contributed by atoms with E-state index >= 15 is 0 Å². The van der Waals surface area contributed by atoms with Crippen LogP contribution in [0.3, 0.4) is 0 Å². The second kappa shape index (κ2) is 8.55. The molecule has 0 atom stereocenters. The maximum Gasteiger partial charge on any atom is 0.294 e. The molecule has 1 saturated heterocycles. The molecule has 0 saturated carbocycles. The predicted octanol–water partition coefficient (Wildman–Crippen LogP) is 2.79. The first-order chi connectivity index (χ1) is 13.0. The van der Waals surface area contributed by atoms with Crippen LogP contribution < -0.4 is 5.32 Å². The molecule has 3 rings (SSSR count). The number of rotatable bonds is 6. The Morgan fingerprint density at radius 2 is 1.78 bits per heavy atom. The van der Waals surface area contributed by atoms with Gasteiger partial charge in [0.05, 0.1) is 4.91 Å². The van der Waals surface area contributed by atoms with Crippen LogP contribution >= 0.6 is 11.8 Å². The molecule has 0 unspecified atom stereocenters. The third-order valence-electron chi connectivity index (χ3n) is 3.94. The van der Waals surface area contributed by atoms with Gasteiger partial charge in [-0.3, -0.25) is 19.3 Å². The number of hydrogen-bond acceptors (Lipinski definition) is 5. The molecule has 0 aliphatic carbocycles. The van der Waals surface area contributed by atoms with Crippen LogP contribution in [0, 0.1) is 0 Å². The van der Waals surface area contributed by atoms with E-state index in [2.05, 4.69) is 5.32 Å². The van der Waals surface area contributed by atoms with Crippen LogP contribution in [0.1, 0.15) is 11.1 Å². The number of benzene rings is 2. The van der Waals surface area contributed by atoms with Crippen molar-refractivity contribution in [1.82, 2.24) is 10.2 Å². The lowest BCUT2D eigenvalue weighted by molar-refractivity contribution is -0.129. The third-order valence-corrected chi connectivity index (χ3v) is 4.85. The first-order valence-electron chi connectivity index (χ1n) is 8.38. The van der Waals surface area contributed by atoms with E-state index in [1.807, 2.05) is 30.3 Å². The summed E-state index contributed by atoms with van der Waals surface area (Å²) in [5, 5.41) is 11.5. The van der Waals surface area contributed by atoms with E-state index in [0.29, 0.717) is 17.9 Å². The van der Waals surface area contributed by atoms with Gasteiger partial charge in [0.1, 0.15) is 12.3 Å². The Labute approximate surface area is 160 Å². The summed E-state index contributed by atoms with van der Waals surface area (Å²) in [4.78, 5) is 37.8. The summed E-state index contributed by atoms with van der Waals surface area (Å²) in [6, 6.07) is 15.9.